The summed E-state index contributed by atoms with van der Waals surface area (Å²) in [6.45, 7) is 2.22. The lowest BCUT2D eigenvalue weighted by atomic mass is 9.96. The van der Waals surface area contributed by atoms with E-state index in [1.54, 1.807) is 24.5 Å². The highest BCUT2D eigenvalue weighted by Gasteiger charge is 2.29. The van der Waals surface area contributed by atoms with Gasteiger partial charge in [-0.05, 0) is 43.7 Å². The van der Waals surface area contributed by atoms with Crippen molar-refractivity contribution in [3.63, 3.8) is 0 Å². The van der Waals surface area contributed by atoms with Crippen LogP contribution in [0.15, 0.2) is 47.3 Å². The molecule has 3 rings (SSSR count). The van der Waals surface area contributed by atoms with Crippen molar-refractivity contribution in [2.75, 3.05) is 6.61 Å². The van der Waals surface area contributed by atoms with Crippen LogP contribution in [0.4, 0.5) is 13.2 Å². The normalized spacial score (nSPS) is 11.5. The molecule has 0 unspecified atom stereocenters. The summed E-state index contributed by atoms with van der Waals surface area (Å²) in [5.74, 6) is -1.55. The quantitative estimate of drug-likeness (QED) is 0.422. The van der Waals surface area contributed by atoms with Crippen molar-refractivity contribution in [3.8, 4) is 28.1 Å². The molecule has 0 bridgehead atoms. The number of pyridine rings is 1. The Morgan fingerprint density at radius 1 is 1.09 bits per heavy atom. The fourth-order valence-corrected chi connectivity index (χ4v) is 3.92. The number of aromatic carboxylic acids is 1. The molecule has 0 saturated carbocycles. The van der Waals surface area contributed by atoms with E-state index in [9.17, 15) is 27.9 Å². The van der Waals surface area contributed by atoms with Crippen molar-refractivity contribution in [2.45, 2.75) is 26.6 Å². The maximum atomic E-state index is 13.4. The monoisotopic (exact) mass is 499 g/mol. The first kappa shape index (κ1) is 24.7. The highest BCUT2D eigenvalue weighted by atomic mass is 35.5. The number of alkyl halides is 3. The number of hydrogen-bond donors (Lipinski definition) is 1. The zero-order valence-electron chi connectivity index (χ0n) is 17.5. The minimum atomic E-state index is -4.53. The topological polar surface area (TPSA) is 68.5 Å². The molecule has 0 aliphatic carbocycles. The molecular weight excluding hydrogens is 482 g/mol. The van der Waals surface area contributed by atoms with E-state index in [0.717, 1.165) is 0 Å². The maximum Gasteiger partial charge on any atom is 0.422 e. The summed E-state index contributed by atoms with van der Waals surface area (Å²) < 4.78 is 44.0. The van der Waals surface area contributed by atoms with E-state index in [1.807, 2.05) is 0 Å². The lowest BCUT2D eigenvalue weighted by molar-refractivity contribution is -0.153. The van der Waals surface area contributed by atoms with Crippen LogP contribution in [-0.2, 0) is 6.54 Å². The first-order valence-corrected chi connectivity index (χ1v) is 10.5. The van der Waals surface area contributed by atoms with Crippen LogP contribution in [0.5, 0.6) is 5.75 Å². The van der Waals surface area contributed by atoms with Gasteiger partial charge in [-0.25, -0.2) is 4.79 Å². The Morgan fingerprint density at radius 2 is 1.79 bits per heavy atom. The van der Waals surface area contributed by atoms with Crippen LogP contribution in [-0.4, -0.2) is 28.4 Å². The third-order valence-corrected chi connectivity index (χ3v) is 5.71. The van der Waals surface area contributed by atoms with Gasteiger partial charge in [0.2, 0.25) is 5.43 Å². The van der Waals surface area contributed by atoms with Crippen LogP contribution in [0, 0.1) is 6.92 Å². The molecule has 0 aliphatic heterocycles. The van der Waals surface area contributed by atoms with E-state index >= 15 is 0 Å². The van der Waals surface area contributed by atoms with Crippen LogP contribution in [0.2, 0.25) is 10.0 Å². The summed E-state index contributed by atoms with van der Waals surface area (Å²) in [5, 5.41) is 10.4. The first-order valence-electron chi connectivity index (χ1n) is 9.70. The Bertz CT molecular complexity index is 1290. The minimum absolute atomic E-state index is 0.0514. The zero-order valence-corrected chi connectivity index (χ0v) is 19.0. The third-order valence-electron chi connectivity index (χ3n) is 4.98. The standard InChI is InChI=1S/C23H18Cl2F3NO4/c1-3-29-12(2)18(13-5-4-6-15(9-13)33-11-23(26,27)28)21(30)19(22(31)32)20(29)14-7-8-16(24)17(25)10-14/h4-10H,3,11H2,1-2H3,(H,31,32). The second-order valence-corrected chi connectivity index (χ2v) is 7.94. The summed E-state index contributed by atoms with van der Waals surface area (Å²) >= 11 is 12.1. The number of hydrogen-bond acceptors (Lipinski definition) is 3. The Kier molecular flexibility index (Phi) is 7.09. The molecule has 0 amide bonds. The van der Waals surface area contributed by atoms with E-state index in [0.29, 0.717) is 17.8 Å². The van der Waals surface area contributed by atoms with Crippen molar-refractivity contribution in [3.05, 3.63) is 74.0 Å². The van der Waals surface area contributed by atoms with Crippen molar-refractivity contribution >= 4 is 29.2 Å². The van der Waals surface area contributed by atoms with Gasteiger partial charge in [0.05, 0.1) is 15.7 Å². The van der Waals surface area contributed by atoms with Gasteiger partial charge in [-0.3, -0.25) is 4.79 Å². The molecule has 0 spiro atoms. The predicted octanol–water partition coefficient (Wildman–Crippen LogP) is 6.46. The molecule has 0 atom stereocenters. The predicted molar refractivity (Wildman–Crippen MR) is 121 cm³/mol. The van der Waals surface area contributed by atoms with Crippen molar-refractivity contribution < 1.29 is 27.8 Å². The van der Waals surface area contributed by atoms with Crippen LogP contribution >= 0.6 is 23.2 Å². The van der Waals surface area contributed by atoms with Gasteiger partial charge in [0.1, 0.15) is 11.3 Å². The van der Waals surface area contributed by atoms with E-state index in [2.05, 4.69) is 0 Å². The molecule has 1 heterocycles. The van der Waals surface area contributed by atoms with Gasteiger partial charge >= 0.3 is 12.1 Å². The molecule has 1 N–H and O–H groups in total. The average molecular weight is 500 g/mol. The largest absolute Gasteiger partial charge is 0.484 e. The third kappa shape index (κ3) is 5.17. The summed E-state index contributed by atoms with van der Waals surface area (Å²) in [6.07, 6.45) is -4.53. The molecule has 5 nitrogen and oxygen atoms in total. The maximum absolute atomic E-state index is 13.4. The molecular formula is C23H18Cl2F3NO4. The van der Waals surface area contributed by atoms with Crippen molar-refractivity contribution in [1.29, 1.82) is 0 Å². The highest BCUT2D eigenvalue weighted by Crippen LogP contribution is 2.33. The molecule has 10 heteroatoms. The van der Waals surface area contributed by atoms with Crippen LogP contribution in [0.25, 0.3) is 22.4 Å². The molecule has 3 aromatic rings. The Labute approximate surface area is 196 Å². The van der Waals surface area contributed by atoms with E-state index < -0.39 is 29.7 Å². The molecule has 2 aromatic carbocycles. The average Bonchev–Trinajstić information content (AvgIpc) is 2.73. The molecule has 174 valence electrons. The molecule has 33 heavy (non-hydrogen) atoms. The van der Waals surface area contributed by atoms with Gasteiger partial charge in [0.15, 0.2) is 6.61 Å². The summed E-state index contributed by atoms with van der Waals surface area (Å²) in [5.41, 5.74) is -0.00669. The van der Waals surface area contributed by atoms with E-state index in [4.69, 9.17) is 27.9 Å². The van der Waals surface area contributed by atoms with E-state index in [-0.39, 0.29) is 32.6 Å². The van der Waals surface area contributed by atoms with Gasteiger partial charge in [0.25, 0.3) is 0 Å². The molecule has 0 fully saturated rings. The number of carboxylic acid groups (broad SMARTS) is 1. The lowest BCUT2D eigenvalue weighted by Gasteiger charge is -2.21. The van der Waals surface area contributed by atoms with Gasteiger partial charge in [0, 0.05) is 23.4 Å². The van der Waals surface area contributed by atoms with Crippen LogP contribution < -0.4 is 10.2 Å². The smallest absolute Gasteiger partial charge is 0.422 e. The second kappa shape index (κ2) is 9.49. The zero-order chi connectivity index (χ0) is 24.5. The number of nitrogens with zero attached hydrogens (tertiary/aromatic N) is 1. The number of benzene rings is 2. The first-order chi connectivity index (χ1) is 15.4. The van der Waals surface area contributed by atoms with Gasteiger partial charge in [-0.1, -0.05) is 41.4 Å². The van der Waals surface area contributed by atoms with Crippen molar-refractivity contribution in [2.24, 2.45) is 0 Å². The Hall–Kier alpha value is -2.97. The summed E-state index contributed by atoms with van der Waals surface area (Å²) in [6, 6.07) is 10.1. The summed E-state index contributed by atoms with van der Waals surface area (Å²) in [7, 11) is 0. The number of carboxylic acids is 1. The van der Waals surface area contributed by atoms with Gasteiger partial charge in [-0.15, -0.1) is 0 Å². The lowest BCUT2D eigenvalue weighted by Crippen LogP contribution is -2.25. The number of ether oxygens (including phenoxy) is 1. The molecule has 0 saturated heterocycles. The fourth-order valence-electron chi connectivity index (χ4n) is 3.62. The Balaban J connectivity index is 2.28. The van der Waals surface area contributed by atoms with Gasteiger partial charge in [-0.2, -0.15) is 13.2 Å². The minimum Gasteiger partial charge on any atom is -0.484 e. The molecule has 1 aromatic heterocycles. The Morgan fingerprint density at radius 3 is 2.36 bits per heavy atom. The molecule has 0 radical (unpaired) electrons. The van der Waals surface area contributed by atoms with Crippen LogP contribution in [0.3, 0.4) is 0 Å². The number of aromatic nitrogens is 1. The van der Waals surface area contributed by atoms with E-state index in [1.165, 1.54) is 36.4 Å². The number of rotatable bonds is 6. The van der Waals surface area contributed by atoms with Crippen molar-refractivity contribution in [1.82, 2.24) is 4.57 Å². The number of halogens is 5. The second-order valence-electron chi connectivity index (χ2n) is 7.12. The van der Waals surface area contributed by atoms with Gasteiger partial charge < -0.3 is 14.4 Å². The fraction of sp³-hybridized carbons (Fsp3) is 0.217. The highest BCUT2D eigenvalue weighted by molar-refractivity contribution is 6.42. The van der Waals surface area contributed by atoms with Crippen LogP contribution in [0.1, 0.15) is 23.0 Å². The molecule has 0 aliphatic rings. The number of carbonyl (C=O) groups is 1. The summed E-state index contributed by atoms with van der Waals surface area (Å²) in [4.78, 5) is 25.6. The SMILES string of the molecule is CCn1c(C)c(-c2cccc(OCC(F)(F)F)c2)c(=O)c(C(=O)O)c1-c1ccc(Cl)c(Cl)c1.